The third-order valence-electron chi connectivity index (χ3n) is 3.63. The van der Waals surface area contributed by atoms with Crippen LogP contribution < -0.4 is 5.32 Å². The van der Waals surface area contributed by atoms with Crippen LogP contribution in [-0.4, -0.2) is 36.7 Å². The number of hydrogen-bond acceptors (Lipinski definition) is 4. The molecule has 0 atom stereocenters. The summed E-state index contributed by atoms with van der Waals surface area (Å²) in [4.78, 5) is 2.44. The van der Waals surface area contributed by atoms with E-state index in [4.69, 9.17) is 9.15 Å². The Labute approximate surface area is 129 Å². The van der Waals surface area contributed by atoms with Crippen molar-refractivity contribution in [3.8, 4) is 0 Å². The van der Waals surface area contributed by atoms with Gasteiger partial charge < -0.3 is 14.5 Å². The van der Waals surface area contributed by atoms with Crippen molar-refractivity contribution in [1.82, 2.24) is 10.2 Å². The molecule has 1 heterocycles. The molecule has 0 amide bonds. The van der Waals surface area contributed by atoms with Crippen LogP contribution in [0.15, 0.2) is 16.7 Å². The molecule has 0 aromatic carbocycles. The van der Waals surface area contributed by atoms with Gasteiger partial charge in [-0.1, -0.05) is 6.92 Å². The van der Waals surface area contributed by atoms with Gasteiger partial charge in [0, 0.05) is 30.7 Å². The molecule has 1 rings (SSSR count). The molecule has 1 aromatic rings. The molecule has 0 aliphatic carbocycles. The van der Waals surface area contributed by atoms with Crippen molar-refractivity contribution >= 4 is 0 Å². The van der Waals surface area contributed by atoms with E-state index < -0.39 is 0 Å². The molecular formula is C17H32N2O2. The van der Waals surface area contributed by atoms with E-state index in [2.05, 4.69) is 44.8 Å². The molecule has 0 fully saturated rings. The fraction of sp³-hybridized carbons (Fsp3) is 0.765. The van der Waals surface area contributed by atoms with Crippen molar-refractivity contribution in [1.29, 1.82) is 0 Å². The molecule has 0 saturated heterocycles. The Bertz CT molecular complexity index is 367. The van der Waals surface area contributed by atoms with E-state index in [1.54, 1.807) is 6.26 Å². The predicted molar refractivity (Wildman–Crippen MR) is 87.3 cm³/mol. The summed E-state index contributed by atoms with van der Waals surface area (Å²) in [5, 5.41) is 3.39. The van der Waals surface area contributed by atoms with Crippen LogP contribution >= 0.6 is 0 Å². The van der Waals surface area contributed by atoms with Gasteiger partial charge in [-0.3, -0.25) is 4.90 Å². The van der Waals surface area contributed by atoms with Gasteiger partial charge in [0.1, 0.15) is 12.4 Å². The third-order valence-corrected chi connectivity index (χ3v) is 3.63. The maximum Gasteiger partial charge on any atom is 0.133 e. The normalized spacial score (nSPS) is 12.0. The Balaban J connectivity index is 2.31. The van der Waals surface area contributed by atoms with E-state index in [0.29, 0.717) is 18.7 Å². The maximum absolute atomic E-state index is 5.79. The van der Waals surface area contributed by atoms with E-state index in [9.17, 15) is 0 Å². The van der Waals surface area contributed by atoms with Gasteiger partial charge in [-0.15, -0.1) is 0 Å². The summed E-state index contributed by atoms with van der Waals surface area (Å²) in [7, 11) is 0. The Morgan fingerprint density at radius 2 is 1.95 bits per heavy atom. The average Bonchev–Trinajstić information content (AvgIpc) is 2.85. The first kappa shape index (κ1) is 18.2. The van der Waals surface area contributed by atoms with Crippen LogP contribution in [-0.2, 0) is 17.9 Å². The van der Waals surface area contributed by atoms with Gasteiger partial charge >= 0.3 is 0 Å². The molecule has 0 bridgehead atoms. The number of nitrogens with zero attached hydrogens (tertiary/aromatic N) is 1. The zero-order chi connectivity index (χ0) is 15.7. The molecule has 122 valence electrons. The second-order valence-electron chi connectivity index (χ2n) is 6.02. The molecule has 21 heavy (non-hydrogen) atoms. The summed E-state index contributed by atoms with van der Waals surface area (Å²) in [5.41, 5.74) is 1.20. The van der Waals surface area contributed by atoms with E-state index >= 15 is 0 Å². The fourth-order valence-corrected chi connectivity index (χ4v) is 2.50. The zero-order valence-corrected chi connectivity index (χ0v) is 14.3. The molecule has 4 nitrogen and oxygen atoms in total. The first-order valence-electron chi connectivity index (χ1n) is 8.15. The smallest absolute Gasteiger partial charge is 0.133 e. The molecule has 4 heteroatoms. The zero-order valence-electron chi connectivity index (χ0n) is 14.3. The Kier molecular flexibility index (Phi) is 8.66. The lowest BCUT2D eigenvalue weighted by Crippen LogP contribution is -2.39. The molecule has 0 spiro atoms. The summed E-state index contributed by atoms with van der Waals surface area (Å²) in [6.45, 7) is 15.2. The molecule has 0 aliphatic heterocycles. The summed E-state index contributed by atoms with van der Waals surface area (Å²) in [5.74, 6) is 0.944. The SMILES string of the molecule is CCCNCc1ccoc1COCCN(C(C)C)C(C)C. The van der Waals surface area contributed by atoms with Gasteiger partial charge in [-0.25, -0.2) is 0 Å². The Morgan fingerprint density at radius 1 is 1.24 bits per heavy atom. The molecule has 1 aromatic heterocycles. The molecule has 0 radical (unpaired) electrons. The van der Waals surface area contributed by atoms with E-state index in [1.807, 2.05) is 6.07 Å². The second-order valence-corrected chi connectivity index (χ2v) is 6.02. The topological polar surface area (TPSA) is 37.6 Å². The van der Waals surface area contributed by atoms with Crippen molar-refractivity contribution < 1.29 is 9.15 Å². The average molecular weight is 296 g/mol. The largest absolute Gasteiger partial charge is 0.467 e. The molecule has 0 aliphatic rings. The first-order valence-corrected chi connectivity index (χ1v) is 8.15. The van der Waals surface area contributed by atoms with Crippen molar-refractivity contribution in [2.24, 2.45) is 0 Å². The van der Waals surface area contributed by atoms with E-state index in [0.717, 1.165) is 38.4 Å². The minimum atomic E-state index is 0.547. The molecule has 0 saturated carbocycles. The quantitative estimate of drug-likeness (QED) is 0.635. The monoisotopic (exact) mass is 296 g/mol. The van der Waals surface area contributed by atoms with Gasteiger partial charge in [0.25, 0.3) is 0 Å². The van der Waals surface area contributed by atoms with Gasteiger partial charge in [0.15, 0.2) is 0 Å². The van der Waals surface area contributed by atoms with Gasteiger partial charge in [-0.2, -0.15) is 0 Å². The summed E-state index contributed by atoms with van der Waals surface area (Å²) in [6, 6.07) is 3.12. The summed E-state index contributed by atoms with van der Waals surface area (Å²) >= 11 is 0. The standard InChI is InChI=1S/C17H32N2O2/c1-6-8-18-12-16-7-10-21-17(16)13-20-11-9-19(14(2)3)15(4)5/h7,10,14-15,18H,6,8-9,11-13H2,1-5H3. The number of hydrogen-bond donors (Lipinski definition) is 1. The lowest BCUT2D eigenvalue weighted by atomic mass is 10.2. The van der Waals surface area contributed by atoms with Gasteiger partial charge in [-0.05, 0) is 46.7 Å². The van der Waals surface area contributed by atoms with Gasteiger partial charge in [0.2, 0.25) is 0 Å². The minimum Gasteiger partial charge on any atom is -0.467 e. The molecule has 0 unspecified atom stereocenters. The van der Waals surface area contributed by atoms with Crippen LogP contribution in [0.1, 0.15) is 52.4 Å². The third kappa shape index (κ3) is 6.64. The first-order chi connectivity index (χ1) is 10.1. The number of furan rings is 1. The van der Waals surface area contributed by atoms with Crippen LogP contribution in [0.3, 0.4) is 0 Å². The maximum atomic E-state index is 5.79. The van der Waals surface area contributed by atoms with Gasteiger partial charge in [0.05, 0.1) is 12.9 Å². The highest BCUT2D eigenvalue weighted by Gasteiger charge is 2.13. The lowest BCUT2D eigenvalue weighted by Gasteiger charge is -2.30. The van der Waals surface area contributed by atoms with E-state index in [1.165, 1.54) is 5.56 Å². The van der Waals surface area contributed by atoms with Crippen molar-refractivity contribution in [2.75, 3.05) is 19.7 Å². The lowest BCUT2D eigenvalue weighted by molar-refractivity contribution is 0.0616. The Morgan fingerprint density at radius 3 is 2.57 bits per heavy atom. The van der Waals surface area contributed by atoms with Crippen LogP contribution in [0, 0.1) is 0 Å². The van der Waals surface area contributed by atoms with Crippen LogP contribution in [0.5, 0.6) is 0 Å². The number of ether oxygens (including phenoxy) is 1. The van der Waals surface area contributed by atoms with Crippen LogP contribution in [0.4, 0.5) is 0 Å². The predicted octanol–water partition coefficient (Wildman–Crippen LogP) is 3.41. The fourth-order valence-electron chi connectivity index (χ4n) is 2.50. The van der Waals surface area contributed by atoms with Crippen molar-refractivity contribution in [3.05, 3.63) is 23.7 Å². The molecule has 1 N–H and O–H groups in total. The number of rotatable bonds is 11. The number of nitrogens with one attached hydrogen (secondary N) is 1. The highest BCUT2D eigenvalue weighted by atomic mass is 16.5. The molecular weight excluding hydrogens is 264 g/mol. The highest BCUT2D eigenvalue weighted by molar-refractivity contribution is 5.16. The second kappa shape index (κ2) is 9.98. The van der Waals surface area contributed by atoms with Crippen molar-refractivity contribution in [3.63, 3.8) is 0 Å². The van der Waals surface area contributed by atoms with E-state index in [-0.39, 0.29) is 0 Å². The Hall–Kier alpha value is -0.840. The summed E-state index contributed by atoms with van der Waals surface area (Å²) < 4.78 is 11.3. The van der Waals surface area contributed by atoms with Crippen LogP contribution in [0.25, 0.3) is 0 Å². The van der Waals surface area contributed by atoms with Crippen molar-refractivity contribution in [2.45, 2.75) is 66.3 Å². The minimum absolute atomic E-state index is 0.547. The highest BCUT2D eigenvalue weighted by Crippen LogP contribution is 2.12. The van der Waals surface area contributed by atoms with Crippen LogP contribution in [0.2, 0.25) is 0 Å². The summed E-state index contributed by atoms with van der Waals surface area (Å²) in [6.07, 6.45) is 2.89.